The Morgan fingerprint density at radius 3 is 2.77 bits per heavy atom. The van der Waals surface area contributed by atoms with Crippen molar-refractivity contribution in [2.75, 3.05) is 24.5 Å². The number of amides is 1. The van der Waals surface area contributed by atoms with Gasteiger partial charge in [0.1, 0.15) is 6.07 Å². The van der Waals surface area contributed by atoms with Crippen LogP contribution in [0.4, 0.5) is 5.69 Å². The van der Waals surface area contributed by atoms with Crippen molar-refractivity contribution in [3.05, 3.63) is 28.2 Å². The number of anilines is 1. The molecule has 1 heterocycles. The minimum atomic E-state index is 0.455. The van der Waals surface area contributed by atoms with E-state index in [4.69, 9.17) is 0 Å². The lowest BCUT2D eigenvalue weighted by Gasteiger charge is -2.37. The lowest BCUT2D eigenvalue weighted by molar-refractivity contribution is -0.121. The second-order valence-corrected chi connectivity index (χ2v) is 8.57. The molecule has 0 spiro atoms. The molecular weight excluding hydrogens is 390 g/mol. The summed E-state index contributed by atoms with van der Waals surface area (Å²) in [6.07, 6.45) is 10.6. The predicted molar refractivity (Wildman–Crippen MR) is 108 cm³/mol. The minimum Gasteiger partial charge on any atom is -0.370 e. The van der Waals surface area contributed by atoms with Crippen LogP contribution >= 0.6 is 15.9 Å². The molecule has 4 nitrogen and oxygen atoms in total. The molecule has 0 bridgehead atoms. The summed E-state index contributed by atoms with van der Waals surface area (Å²) >= 11 is 3.53. The maximum absolute atomic E-state index is 11.6. The van der Waals surface area contributed by atoms with Crippen LogP contribution in [0.1, 0.15) is 56.9 Å². The Morgan fingerprint density at radius 1 is 1.23 bits per heavy atom. The highest BCUT2D eigenvalue weighted by molar-refractivity contribution is 9.10. The highest BCUT2D eigenvalue weighted by atomic mass is 79.9. The van der Waals surface area contributed by atoms with E-state index in [-0.39, 0.29) is 0 Å². The van der Waals surface area contributed by atoms with Crippen LogP contribution in [0.2, 0.25) is 0 Å². The van der Waals surface area contributed by atoms with E-state index in [0.717, 1.165) is 54.6 Å². The van der Waals surface area contributed by atoms with Gasteiger partial charge in [-0.1, -0.05) is 35.2 Å². The van der Waals surface area contributed by atoms with Gasteiger partial charge in [0, 0.05) is 30.1 Å². The van der Waals surface area contributed by atoms with Crippen molar-refractivity contribution >= 4 is 28.0 Å². The van der Waals surface area contributed by atoms with Crippen LogP contribution in [0.5, 0.6) is 0 Å². The van der Waals surface area contributed by atoms with E-state index in [2.05, 4.69) is 37.9 Å². The van der Waals surface area contributed by atoms with Gasteiger partial charge in [-0.15, -0.1) is 0 Å². The molecule has 1 unspecified atom stereocenters. The molecule has 0 radical (unpaired) electrons. The quantitative estimate of drug-likeness (QED) is 0.629. The number of piperidine rings is 1. The normalized spacial score (nSPS) is 21.2. The van der Waals surface area contributed by atoms with Crippen molar-refractivity contribution in [2.24, 2.45) is 5.92 Å². The highest BCUT2D eigenvalue weighted by Crippen LogP contribution is 2.30. The smallest absolute Gasteiger partial charge is 0.209 e. The molecule has 5 heteroatoms. The standard InChI is InChI=1S/C21H28BrN3O/c22-19-9-8-18(14-23)21(13-19)24-11-4-5-17(15-24)10-12-25(16-26)20-6-2-1-3-7-20/h8-9,13,16-17,20H,1-7,10-12,15H2. The van der Waals surface area contributed by atoms with Crippen LogP contribution in [-0.4, -0.2) is 37.0 Å². The minimum absolute atomic E-state index is 0.455. The average Bonchev–Trinajstić information content (AvgIpc) is 2.69. The van der Waals surface area contributed by atoms with Crippen molar-refractivity contribution in [1.29, 1.82) is 5.26 Å². The first kappa shape index (κ1) is 19.2. The molecule has 1 saturated carbocycles. The van der Waals surface area contributed by atoms with Crippen LogP contribution in [0.15, 0.2) is 22.7 Å². The molecule has 1 amide bonds. The highest BCUT2D eigenvalue weighted by Gasteiger charge is 2.25. The Morgan fingerprint density at radius 2 is 2.04 bits per heavy atom. The molecule has 1 atom stereocenters. The summed E-state index contributed by atoms with van der Waals surface area (Å²) < 4.78 is 1.01. The molecule has 26 heavy (non-hydrogen) atoms. The van der Waals surface area contributed by atoms with E-state index in [9.17, 15) is 10.1 Å². The van der Waals surface area contributed by atoms with E-state index in [1.165, 1.54) is 38.5 Å². The summed E-state index contributed by atoms with van der Waals surface area (Å²) in [7, 11) is 0. The summed E-state index contributed by atoms with van der Waals surface area (Å²) in [5.41, 5.74) is 1.77. The molecule has 3 rings (SSSR count). The zero-order chi connectivity index (χ0) is 18.4. The molecular formula is C21H28BrN3O. The Bertz CT molecular complexity index is 651. The molecule has 1 saturated heterocycles. The first-order valence-electron chi connectivity index (χ1n) is 9.87. The van der Waals surface area contributed by atoms with Gasteiger partial charge in [-0.25, -0.2) is 0 Å². The number of carbonyl (C=O) groups excluding carboxylic acids is 1. The van der Waals surface area contributed by atoms with Crippen LogP contribution in [0.3, 0.4) is 0 Å². The first-order valence-corrected chi connectivity index (χ1v) is 10.7. The van der Waals surface area contributed by atoms with Crippen molar-refractivity contribution in [1.82, 2.24) is 4.90 Å². The number of carbonyl (C=O) groups is 1. The summed E-state index contributed by atoms with van der Waals surface area (Å²) in [4.78, 5) is 16.0. The Kier molecular flexibility index (Phi) is 6.96. The van der Waals surface area contributed by atoms with Gasteiger partial charge in [0.15, 0.2) is 0 Å². The lowest BCUT2D eigenvalue weighted by atomic mass is 9.91. The number of nitriles is 1. The van der Waals surface area contributed by atoms with Gasteiger partial charge in [-0.3, -0.25) is 4.79 Å². The van der Waals surface area contributed by atoms with E-state index in [0.29, 0.717) is 12.0 Å². The molecule has 1 aliphatic carbocycles. The van der Waals surface area contributed by atoms with Crippen molar-refractivity contribution in [3.63, 3.8) is 0 Å². The summed E-state index contributed by atoms with van der Waals surface area (Å²) in [5.74, 6) is 0.584. The second kappa shape index (κ2) is 9.41. The number of nitrogens with zero attached hydrogens (tertiary/aromatic N) is 3. The van der Waals surface area contributed by atoms with Gasteiger partial charge >= 0.3 is 0 Å². The molecule has 1 aromatic carbocycles. The number of halogens is 1. The van der Waals surface area contributed by atoms with Crippen LogP contribution in [-0.2, 0) is 4.79 Å². The Balaban J connectivity index is 1.59. The van der Waals surface area contributed by atoms with Gasteiger partial charge in [-0.2, -0.15) is 5.26 Å². The van der Waals surface area contributed by atoms with Gasteiger partial charge in [0.2, 0.25) is 6.41 Å². The van der Waals surface area contributed by atoms with Gasteiger partial charge in [0.25, 0.3) is 0 Å². The Hall–Kier alpha value is -1.54. The monoisotopic (exact) mass is 417 g/mol. The fraction of sp³-hybridized carbons (Fsp3) is 0.619. The number of benzene rings is 1. The van der Waals surface area contributed by atoms with Crippen molar-refractivity contribution in [3.8, 4) is 6.07 Å². The first-order chi connectivity index (χ1) is 12.7. The summed E-state index contributed by atoms with van der Waals surface area (Å²) in [6.45, 7) is 2.85. The van der Waals surface area contributed by atoms with Crippen LogP contribution in [0, 0.1) is 17.2 Å². The lowest BCUT2D eigenvalue weighted by Crippen LogP contribution is -2.40. The maximum Gasteiger partial charge on any atom is 0.209 e. The van der Waals surface area contributed by atoms with E-state index >= 15 is 0 Å². The van der Waals surface area contributed by atoms with E-state index in [1.54, 1.807) is 0 Å². The van der Waals surface area contributed by atoms with E-state index in [1.807, 2.05) is 12.1 Å². The summed E-state index contributed by atoms with van der Waals surface area (Å²) in [5, 5.41) is 9.42. The molecule has 2 fully saturated rings. The van der Waals surface area contributed by atoms with Gasteiger partial charge < -0.3 is 9.80 Å². The van der Waals surface area contributed by atoms with Gasteiger partial charge in [0.05, 0.1) is 11.3 Å². The predicted octanol–water partition coefficient (Wildman–Crippen LogP) is 4.72. The molecule has 2 aliphatic rings. The largest absolute Gasteiger partial charge is 0.370 e. The zero-order valence-electron chi connectivity index (χ0n) is 15.4. The van der Waals surface area contributed by atoms with Crippen molar-refractivity contribution < 1.29 is 4.79 Å². The SMILES string of the molecule is N#Cc1ccc(Br)cc1N1CCCC(CCN(C=O)C2CCCCC2)C1. The van der Waals surface area contributed by atoms with Crippen LogP contribution in [0.25, 0.3) is 0 Å². The number of hydrogen-bond donors (Lipinski definition) is 0. The molecule has 0 N–H and O–H groups in total. The van der Waals surface area contributed by atoms with Gasteiger partial charge in [-0.05, 0) is 56.2 Å². The molecule has 0 aromatic heterocycles. The van der Waals surface area contributed by atoms with Crippen LogP contribution < -0.4 is 4.90 Å². The third-order valence-corrected chi connectivity index (χ3v) is 6.41. The van der Waals surface area contributed by atoms with Crippen molar-refractivity contribution in [2.45, 2.75) is 57.4 Å². The Labute approximate surface area is 165 Å². The van der Waals surface area contributed by atoms with E-state index < -0.39 is 0 Å². The fourth-order valence-corrected chi connectivity index (χ4v) is 4.80. The number of rotatable bonds is 6. The zero-order valence-corrected chi connectivity index (χ0v) is 17.0. The summed E-state index contributed by atoms with van der Waals surface area (Å²) in [6, 6.07) is 8.65. The molecule has 140 valence electrons. The third-order valence-electron chi connectivity index (χ3n) is 5.91. The molecule has 1 aromatic rings. The average molecular weight is 418 g/mol. The third kappa shape index (κ3) is 4.79. The fourth-order valence-electron chi connectivity index (χ4n) is 4.45. The maximum atomic E-state index is 11.6. The number of hydrogen-bond acceptors (Lipinski definition) is 3. The topological polar surface area (TPSA) is 47.3 Å². The molecule has 1 aliphatic heterocycles. The second-order valence-electron chi connectivity index (χ2n) is 7.65.